The van der Waals surface area contributed by atoms with Crippen LogP contribution in [0.4, 0.5) is 5.69 Å². The molecule has 0 spiro atoms. The van der Waals surface area contributed by atoms with Crippen molar-refractivity contribution in [3.8, 4) is 0 Å². The van der Waals surface area contributed by atoms with Gasteiger partial charge in [-0.1, -0.05) is 12.1 Å². The Morgan fingerprint density at radius 1 is 1.21 bits per heavy atom. The molecule has 1 heterocycles. The lowest BCUT2D eigenvalue weighted by atomic mass is 9.77. The fourth-order valence-corrected chi connectivity index (χ4v) is 2.31. The third-order valence-electron chi connectivity index (χ3n) is 3.76. The number of hydrogen-bond donors (Lipinski definition) is 2. The average Bonchev–Trinajstić information content (AvgIpc) is 2.90. The molecule has 1 aliphatic carbocycles. The highest BCUT2D eigenvalue weighted by atomic mass is 16.7. The number of ether oxygens (including phenoxy) is 2. The number of carbonyl (C=O) groups excluding carboxylic acids is 1. The summed E-state index contributed by atoms with van der Waals surface area (Å²) < 4.78 is 10.8. The molecule has 1 aliphatic heterocycles. The minimum Gasteiger partial charge on any atom is -0.346 e. The minimum absolute atomic E-state index is 0.0973. The minimum atomic E-state index is -0.670. The zero-order valence-electron chi connectivity index (χ0n) is 10.7. The van der Waals surface area contributed by atoms with Crippen LogP contribution in [0, 0.1) is 0 Å². The molecule has 5 heteroatoms. The monoisotopic (exact) mass is 262 g/mol. The molecule has 1 saturated carbocycles. The van der Waals surface area contributed by atoms with Crippen molar-refractivity contribution in [2.45, 2.75) is 31.1 Å². The quantitative estimate of drug-likeness (QED) is 0.866. The van der Waals surface area contributed by atoms with E-state index in [1.54, 1.807) is 0 Å². The van der Waals surface area contributed by atoms with E-state index in [4.69, 9.17) is 15.2 Å². The van der Waals surface area contributed by atoms with Gasteiger partial charge in [0.25, 0.3) is 0 Å². The lowest BCUT2D eigenvalue weighted by Gasteiger charge is -2.36. The molecule has 0 unspecified atom stereocenters. The van der Waals surface area contributed by atoms with Crippen LogP contribution in [0.3, 0.4) is 0 Å². The van der Waals surface area contributed by atoms with Gasteiger partial charge in [-0.3, -0.25) is 4.79 Å². The normalized spacial score (nSPS) is 21.9. The van der Waals surface area contributed by atoms with Gasteiger partial charge in [0.2, 0.25) is 5.91 Å². The van der Waals surface area contributed by atoms with Crippen molar-refractivity contribution in [1.82, 2.24) is 0 Å². The van der Waals surface area contributed by atoms with Gasteiger partial charge in [0, 0.05) is 11.3 Å². The molecule has 1 saturated heterocycles. The first-order chi connectivity index (χ1) is 9.17. The molecule has 0 aromatic heterocycles. The van der Waals surface area contributed by atoms with Gasteiger partial charge in [0.05, 0.1) is 18.8 Å². The molecular weight excluding hydrogens is 244 g/mol. The first-order valence-electron chi connectivity index (χ1n) is 6.61. The molecule has 19 heavy (non-hydrogen) atoms. The Kier molecular flexibility index (Phi) is 3.26. The highest BCUT2D eigenvalue weighted by Gasteiger charge is 2.40. The number of hydrogen-bond acceptors (Lipinski definition) is 4. The van der Waals surface area contributed by atoms with Gasteiger partial charge in [-0.05, 0) is 31.4 Å². The van der Waals surface area contributed by atoms with Crippen molar-refractivity contribution < 1.29 is 14.3 Å². The Labute approximate surface area is 112 Å². The second kappa shape index (κ2) is 4.92. The maximum atomic E-state index is 12.0. The maximum absolute atomic E-state index is 12.0. The van der Waals surface area contributed by atoms with Crippen LogP contribution < -0.4 is 11.1 Å². The summed E-state index contributed by atoms with van der Waals surface area (Å²) in [5.41, 5.74) is 7.01. The first kappa shape index (κ1) is 12.6. The summed E-state index contributed by atoms with van der Waals surface area (Å²) in [4.78, 5) is 12.0. The van der Waals surface area contributed by atoms with Crippen LogP contribution in [0.25, 0.3) is 0 Å². The van der Waals surface area contributed by atoms with Gasteiger partial charge >= 0.3 is 0 Å². The molecule has 3 rings (SSSR count). The van der Waals surface area contributed by atoms with Crippen molar-refractivity contribution in [1.29, 1.82) is 0 Å². The number of nitrogens with two attached hydrogens (primary N) is 1. The summed E-state index contributed by atoms with van der Waals surface area (Å²) >= 11 is 0. The Bertz CT molecular complexity index is 462. The number of amides is 1. The van der Waals surface area contributed by atoms with Gasteiger partial charge < -0.3 is 20.5 Å². The van der Waals surface area contributed by atoms with E-state index in [2.05, 4.69) is 5.32 Å². The van der Waals surface area contributed by atoms with Crippen LogP contribution in [0.2, 0.25) is 0 Å². The summed E-state index contributed by atoms with van der Waals surface area (Å²) in [6, 6.07) is 7.49. The van der Waals surface area contributed by atoms with Crippen LogP contribution in [0.5, 0.6) is 0 Å². The lowest BCUT2D eigenvalue weighted by molar-refractivity contribution is -0.123. The van der Waals surface area contributed by atoms with E-state index in [-0.39, 0.29) is 12.2 Å². The van der Waals surface area contributed by atoms with Crippen molar-refractivity contribution in [3.63, 3.8) is 0 Å². The Balaban J connectivity index is 1.64. The summed E-state index contributed by atoms with van der Waals surface area (Å²) in [5, 5.41) is 2.86. The number of benzene rings is 1. The molecule has 0 bridgehead atoms. The number of rotatable bonds is 3. The Hall–Kier alpha value is -1.43. The van der Waals surface area contributed by atoms with Crippen LogP contribution >= 0.6 is 0 Å². The summed E-state index contributed by atoms with van der Waals surface area (Å²) in [6.45, 7) is 1.25. The van der Waals surface area contributed by atoms with E-state index in [0.717, 1.165) is 30.5 Å². The van der Waals surface area contributed by atoms with Gasteiger partial charge in [0.1, 0.15) is 0 Å². The zero-order valence-corrected chi connectivity index (χ0v) is 10.7. The van der Waals surface area contributed by atoms with E-state index in [1.165, 1.54) is 0 Å². The molecule has 2 fully saturated rings. The molecule has 0 atom stereocenters. The Morgan fingerprint density at radius 2 is 1.84 bits per heavy atom. The van der Waals surface area contributed by atoms with E-state index < -0.39 is 5.54 Å². The van der Waals surface area contributed by atoms with Gasteiger partial charge in [-0.15, -0.1) is 0 Å². The average molecular weight is 262 g/mol. The van der Waals surface area contributed by atoms with Gasteiger partial charge in [0.15, 0.2) is 6.29 Å². The smallest absolute Gasteiger partial charge is 0.244 e. The van der Waals surface area contributed by atoms with Crippen LogP contribution in [-0.4, -0.2) is 24.7 Å². The summed E-state index contributed by atoms with van der Waals surface area (Å²) in [5.74, 6) is -0.0973. The van der Waals surface area contributed by atoms with Crippen LogP contribution in [0.15, 0.2) is 24.3 Å². The molecule has 5 nitrogen and oxygen atoms in total. The predicted molar refractivity (Wildman–Crippen MR) is 70.5 cm³/mol. The predicted octanol–water partition coefficient (Wildman–Crippen LogP) is 1.55. The molecule has 102 valence electrons. The highest BCUT2D eigenvalue weighted by Crippen LogP contribution is 2.30. The number of anilines is 1. The summed E-state index contributed by atoms with van der Waals surface area (Å²) in [6.07, 6.45) is 2.28. The standard InChI is InChI=1S/C14H18N2O3/c15-14(6-1-7-14)13(17)16-11-4-2-10(3-5-11)12-18-8-9-19-12/h2-5,12H,1,6-9,15H2,(H,16,17). The Morgan fingerprint density at radius 3 is 2.37 bits per heavy atom. The van der Waals surface area contributed by atoms with Gasteiger partial charge in [-0.25, -0.2) is 0 Å². The molecule has 1 aromatic carbocycles. The fourth-order valence-electron chi connectivity index (χ4n) is 2.31. The van der Waals surface area contributed by atoms with E-state index in [9.17, 15) is 4.79 Å². The largest absolute Gasteiger partial charge is 0.346 e. The first-order valence-corrected chi connectivity index (χ1v) is 6.61. The third-order valence-corrected chi connectivity index (χ3v) is 3.76. The summed E-state index contributed by atoms with van der Waals surface area (Å²) in [7, 11) is 0. The SMILES string of the molecule is NC1(C(=O)Nc2ccc(C3OCCO3)cc2)CCC1. The van der Waals surface area contributed by atoms with Gasteiger partial charge in [-0.2, -0.15) is 0 Å². The highest BCUT2D eigenvalue weighted by molar-refractivity contribution is 5.98. The second-order valence-electron chi connectivity index (χ2n) is 5.16. The van der Waals surface area contributed by atoms with Crippen molar-refractivity contribution >= 4 is 11.6 Å². The number of carbonyl (C=O) groups is 1. The molecule has 1 aromatic rings. The van der Waals surface area contributed by atoms with Crippen LogP contribution in [0.1, 0.15) is 31.1 Å². The molecule has 2 aliphatic rings. The van der Waals surface area contributed by atoms with Crippen molar-refractivity contribution in [3.05, 3.63) is 29.8 Å². The van der Waals surface area contributed by atoms with E-state index in [0.29, 0.717) is 13.2 Å². The fraction of sp³-hybridized carbons (Fsp3) is 0.500. The zero-order chi connectivity index (χ0) is 13.3. The molecule has 1 amide bonds. The molecule has 0 radical (unpaired) electrons. The van der Waals surface area contributed by atoms with Crippen LogP contribution in [-0.2, 0) is 14.3 Å². The van der Waals surface area contributed by atoms with E-state index >= 15 is 0 Å². The molecular formula is C14H18N2O3. The maximum Gasteiger partial charge on any atom is 0.244 e. The second-order valence-corrected chi connectivity index (χ2v) is 5.16. The van der Waals surface area contributed by atoms with Crippen molar-refractivity contribution in [2.75, 3.05) is 18.5 Å². The topological polar surface area (TPSA) is 73.6 Å². The lowest BCUT2D eigenvalue weighted by Crippen LogP contribution is -2.56. The third kappa shape index (κ3) is 2.49. The van der Waals surface area contributed by atoms with Crippen molar-refractivity contribution in [2.24, 2.45) is 5.73 Å². The molecule has 3 N–H and O–H groups in total. The number of nitrogens with one attached hydrogen (secondary N) is 1. The van der Waals surface area contributed by atoms with E-state index in [1.807, 2.05) is 24.3 Å².